The third kappa shape index (κ3) is 3.02. The molecule has 16 heavy (non-hydrogen) atoms. The topological polar surface area (TPSA) is 61.8 Å². The van der Waals surface area contributed by atoms with Gasteiger partial charge in [0.2, 0.25) is 0 Å². The smallest absolute Gasteiger partial charge is 0.308 e. The zero-order valence-electron chi connectivity index (χ0n) is 10.1. The van der Waals surface area contributed by atoms with E-state index in [0.717, 1.165) is 6.29 Å². The van der Waals surface area contributed by atoms with Crippen molar-refractivity contribution < 1.29 is 23.8 Å². The fourth-order valence-corrected chi connectivity index (χ4v) is 1.77. The zero-order chi connectivity index (χ0) is 12.3. The van der Waals surface area contributed by atoms with E-state index in [1.54, 1.807) is 13.8 Å². The Hall–Kier alpha value is -0.940. The second kappa shape index (κ2) is 4.93. The first kappa shape index (κ1) is 13.1. The Bertz CT molecular complexity index is 274. The molecule has 1 saturated heterocycles. The lowest BCUT2D eigenvalue weighted by molar-refractivity contribution is -0.309. The van der Waals surface area contributed by atoms with Crippen LogP contribution in [0.25, 0.3) is 0 Å². The highest BCUT2D eigenvalue weighted by Gasteiger charge is 2.41. The average Bonchev–Trinajstić information content (AvgIpc) is 2.22. The summed E-state index contributed by atoms with van der Waals surface area (Å²) < 4.78 is 15.6. The van der Waals surface area contributed by atoms with Crippen LogP contribution in [0, 0.1) is 5.92 Å². The molecule has 1 heterocycles. The number of rotatable bonds is 3. The summed E-state index contributed by atoms with van der Waals surface area (Å²) in [5, 5.41) is 0. The van der Waals surface area contributed by atoms with E-state index in [4.69, 9.17) is 9.47 Å². The van der Waals surface area contributed by atoms with Crippen LogP contribution in [0.5, 0.6) is 0 Å². The van der Waals surface area contributed by atoms with Gasteiger partial charge >= 0.3 is 5.97 Å². The van der Waals surface area contributed by atoms with Crippen molar-refractivity contribution in [2.45, 2.75) is 45.2 Å². The van der Waals surface area contributed by atoms with Crippen LogP contribution in [0.4, 0.5) is 0 Å². The first-order valence-electron chi connectivity index (χ1n) is 5.27. The number of hydrogen-bond donors (Lipinski definition) is 0. The van der Waals surface area contributed by atoms with Gasteiger partial charge in [-0.3, -0.25) is 4.79 Å². The molecule has 0 unspecified atom stereocenters. The number of carbonyl (C=O) groups is 2. The van der Waals surface area contributed by atoms with Gasteiger partial charge < -0.3 is 19.0 Å². The van der Waals surface area contributed by atoms with Gasteiger partial charge in [-0.15, -0.1) is 0 Å². The molecule has 1 aliphatic heterocycles. The summed E-state index contributed by atoms with van der Waals surface area (Å²) >= 11 is 0. The molecule has 0 saturated carbocycles. The molecule has 92 valence electrons. The van der Waals surface area contributed by atoms with Crippen LogP contribution >= 0.6 is 0 Å². The van der Waals surface area contributed by atoms with E-state index in [1.165, 1.54) is 7.11 Å². The van der Waals surface area contributed by atoms with Crippen LogP contribution in [0.2, 0.25) is 0 Å². The Morgan fingerprint density at radius 3 is 2.56 bits per heavy atom. The van der Waals surface area contributed by atoms with Crippen molar-refractivity contribution in [3.8, 4) is 0 Å². The Morgan fingerprint density at radius 2 is 2.06 bits per heavy atom. The van der Waals surface area contributed by atoms with Crippen molar-refractivity contribution in [2.24, 2.45) is 5.92 Å². The van der Waals surface area contributed by atoms with E-state index < -0.39 is 11.9 Å². The molecule has 0 radical (unpaired) electrons. The van der Waals surface area contributed by atoms with Gasteiger partial charge in [0, 0.05) is 5.92 Å². The van der Waals surface area contributed by atoms with Gasteiger partial charge in [0.15, 0.2) is 5.79 Å². The molecule has 0 aliphatic carbocycles. The minimum absolute atomic E-state index is 0.134. The number of aldehydes is 1. The standard InChI is InChI=1S/C11H18O5/c1-7-8(5-10(13)14-4)15-11(2,3)16-9(7)6-12/h6-9H,5H2,1-4H3/t7-,8+,9+/m0/s1. The lowest BCUT2D eigenvalue weighted by Gasteiger charge is -2.42. The third-order valence-corrected chi connectivity index (χ3v) is 2.69. The van der Waals surface area contributed by atoms with Crippen molar-refractivity contribution in [1.29, 1.82) is 0 Å². The molecule has 1 rings (SSSR count). The maximum atomic E-state index is 11.2. The molecule has 1 fully saturated rings. The Morgan fingerprint density at radius 1 is 1.44 bits per heavy atom. The van der Waals surface area contributed by atoms with E-state index in [2.05, 4.69) is 4.74 Å². The fourth-order valence-electron chi connectivity index (χ4n) is 1.77. The predicted molar refractivity (Wildman–Crippen MR) is 55.7 cm³/mol. The fraction of sp³-hybridized carbons (Fsp3) is 0.818. The minimum Gasteiger partial charge on any atom is -0.469 e. The normalized spacial score (nSPS) is 33.1. The van der Waals surface area contributed by atoms with Crippen molar-refractivity contribution in [3.63, 3.8) is 0 Å². The van der Waals surface area contributed by atoms with Crippen molar-refractivity contribution in [3.05, 3.63) is 0 Å². The summed E-state index contributed by atoms with van der Waals surface area (Å²) in [6.07, 6.45) is -0.0154. The van der Waals surface area contributed by atoms with Crippen LogP contribution in [0.1, 0.15) is 27.2 Å². The van der Waals surface area contributed by atoms with E-state index >= 15 is 0 Å². The zero-order valence-corrected chi connectivity index (χ0v) is 10.1. The molecule has 0 aromatic carbocycles. The van der Waals surface area contributed by atoms with Crippen molar-refractivity contribution >= 4 is 12.3 Å². The summed E-state index contributed by atoms with van der Waals surface area (Å²) in [6.45, 7) is 5.27. The van der Waals surface area contributed by atoms with Gasteiger partial charge in [0.1, 0.15) is 12.4 Å². The second-order valence-corrected chi connectivity index (χ2v) is 4.41. The van der Waals surface area contributed by atoms with E-state index in [1.807, 2.05) is 6.92 Å². The van der Waals surface area contributed by atoms with Gasteiger partial charge in [0.25, 0.3) is 0 Å². The largest absolute Gasteiger partial charge is 0.469 e. The predicted octanol–water partition coefficient (Wildman–Crippen LogP) is 0.905. The lowest BCUT2D eigenvalue weighted by Crippen LogP contribution is -2.51. The molecule has 0 spiro atoms. The van der Waals surface area contributed by atoms with Crippen LogP contribution < -0.4 is 0 Å². The molecule has 0 bridgehead atoms. The van der Waals surface area contributed by atoms with Gasteiger partial charge in [-0.1, -0.05) is 6.92 Å². The van der Waals surface area contributed by atoms with Crippen LogP contribution in [0.15, 0.2) is 0 Å². The Labute approximate surface area is 95.0 Å². The van der Waals surface area contributed by atoms with Gasteiger partial charge in [0.05, 0.1) is 19.6 Å². The van der Waals surface area contributed by atoms with Crippen LogP contribution in [0.3, 0.4) is 0 Å². The number of ether oxygens (including phenoxy) is 3. The lowest BCUT2D eigenvalue weighted by atomic mass is 9.94. The molecule has 0 amide bonds. The molecule has 0 aromatic rings. The third-order valence-electron chi connectivity index (χ3n) is 2.69. The highest BCUT2D eigenvalue weighted by Crippen LogP contribution is 2.31. The van der Waals surface area contributed by atoms with E-state index in [0.29, 0.717) is 0 Å². The maximum absolute atomic E-state index is 11.2. The minimum atomic E-state index is -0.850. The van der Waals surface area contributed by atoms with Gasteiger partial charge in [-0.2, -0.15) is 0 Å². The van der Waals surface area contributed by atoms with E-state index in [-0.39, 0.29) is 24.4 Å². The molecule has 5 nitrogen and oxygen atoms in total. The summed E-state index contributed by atoms with van der Waals surface area (Å²) in [4.78, 5) is 22.1. The van der Waals surface area contributed by atoms with Crippen LogP contribution in [-0.2, 0) is 23.8 Å². The van der Waals surface area contributed by atoms with Crippen LogP contribution in [-0.4, -0.2) is 37.4 Å². The van der Waals surface area contributed by atoms with Crippen molar-refractivity contribution in [1.82, 2.24) is 0 Å². The molecule has 0 aromatic heterocycles. The highest BCUT2D eigenvalue weighted by atomic mass is 16.7. The monoisotopic (exact) mass is 230 g/mol. The number of esters is 1. The maximum Gasteiger partial charge on any atom is 0.308 e. The summed E-state index contributed by atoms with van der Waals surface area (Å²) in [6, 6.07) is 0. The molecular formula is C11H18O5. The van der Waals surface area contributed by atoms with Gasteiger partial charge in [-0.25, -0.2) is 0 Å². The average molecular weight is 230 g/mol. The summed E-state index contributed by atoms with van der Waals surface area (Å²) in [5.41, 5.74) is 0. The van der Waals surface area contributed by atoms with E-state index in [9.17, 15) is 9.59 Å². The number of carbonyl (C=O) groups excluding carboxylic acids is 2. The Balaban J connectivity index is 2.74. The SMILES string of the molecule is COC(=O)C[C@H]1OC(C)(C)O[C@H](C=O)[C@H]1C. The molecule has 0 N–H and O–H groups in total. The summed E-state index contributed by atoms with van der Waals surface area (Å²) in [5.74, 6) is -1.36. The van der Waals surface area contributed by atoms with Gasteiger partial charge in [-0.05, 0) is 13.8 Å². The quantitative estimate of drug-likeness (QED) is 0.532. The second-order valence-electron chi connectivity index (χ2n) is 4.41. The molecule has 1 aliphatic rings. The Kier molecular flexibility index (Phi) is 4.04. The highest BCUT2D eigenvalue weighted by molar-refractivity contribution is 5.70. The molecule has 5 heteroatoms. The van der Waals surface area contributed by atoms with Crippen molar-refractivity contribution in [2.75, 3.05) is 7.11 Å². The first-order valence-corrected chi connectivity index (χ1v) is 5.27. The number of hydrogen-bond acceptors (Lipinski definition) is 5. The summed E-state index contributed by atoms with van der Waals surface area (Å²) in [7, 11) is 1.33. The first-order chi connectivity index (χ1) is 7.39. The number of methoxy groups -OCH3 is 1. The molecule has 3 atom stereocenters. The molecular weight excluding hydrogens is 212 g/mol.